The molecule has 0 saturated heterocycles. The lowest BCUT2D eigenvalue weighted by atomic mass is 9.88. The van der Waals surface area contributed by atoms with Crippen molar-refractivity contribution in [3.05, 3.63) is 23.5 Å². The number of hydrogen-bond donors (Lipinski definition) is 0. The highest BCUT2D eigenvalue weighted by Gasteiger charge is 2.12. The molecule has 0 radical (unpaired) electrons. The van der Waals surface area contributed by atoms with Crippen LogP contribution in [-0.4, -0.2) is 10.2 Å². The molecule has 0 aliphatic carbocycles. The van der Waals surface area contributed by atoms with Gasteiger partial charge in [-0.15, -0.1) is 0 Å². The fourth-order valence-corrected chi connectivity index (χ4v) is 1.16. The first-order chi connectivity index (χ1) is 5.49. The van der Waals surface area contributed by atoms with Gasteiger partial charge < -0.3 is 0 Å². The third kappa shape index (κ3) is 2.61. The molecule has 0 atom stereocenters. The Balaban J connectivity index is 2.83. The molecule has 0 aliphatic heterocycles. The first kappa shape index (κ1) is 9.17. The predicted octanol–water partition coefficient (Wildman–Crippen LogP) is 2.37. The molecule has 2 heteroatoms. The molecule has 0 bridgehead atoms. The summed E-state index contributed by atoms with van der Waals surface area (Å²) in [5.41, 5.74) is 2.87. The molecule has 0 fully saturated rings. The maximum Gasteiger partial charge on any atom is 0.0531 e. The van der Waals surface area contributed by atoms with Crippen molar-refractivity contribution in [1.82, 2.24) is 10.2 Å². The Morgan fingerprint density at radius 3 is 2.25 bits per heavy atom. The van der Waals surface area contributed by atoms with E-state index >= 15 is 0 Å². The van der Waals surface area contributed by atoms with E-state index < -0.39 is 0 Å². The second-order valence-corrected chi connectivity index (χ2v) is 4.43. The summed E-state index contributed by atoms with van der Waals surface area (Å²) in [4.78, 5) is 0. The van der Waals surface area contributed by atoms with E-state index in [9.17, 15) is 0 Å². The van der Waals surface area contributed by atoms with Gasteiger partial charge in [0.15, 0.2) is 0 Å². The van der Waals surface area contributed by atoms with Crippen molar-refractivity contribution in [2.75, 3.05) is 0 Å². The molecular formula is C10H16N2. The van der Waals surface area contributed by atoms with Gasteiger partial charge >= 0.3 is 0 Å². The highest BCUT2D eigenvalue weighted by molar-refractivity contribution is 5.19. The van der Waals surface area contributed by atoms with Crippen LogP contribution in [0.4, 0.5) is 0 Å². The molecule has 0 aliphatic rings. The Morgan fingerprint density at radius 2 is 1.75 bits per heavy atom. The van der Waals surface area contributed by atoms with E-state index in [-0.39, 0.29) is 0 Å². The van der Waals surface area contributed by atoms with Gasteiger partial charge in [-0.1, -0.05) is 20.8 Å². The summed E-state index contributed by atoms with van der Waals surface area (Å²) in [6, 6.07) is 0. The van der Waals surface area contributed by atoms with E-state index in [1.807, 2.05) is 12.4 Å². The number of aromatic nitrogens is 2. The first-order valence-electron chi connectivity index (χ1n) is 4.25. The monoisotopic (exact) mass is 164 g/mol. The molecule has 66 valence electrons. The van der Waals surface area contributed by atoms with Crippen LogP contribution < -0.4 is 0 Å². The van der Waals surface area contributed by atoms with Gasteiger partial charge in [-0.2, -0.15) is 10.2 Å². The van der Waals surface area contributed by atoms with E-state index in [4.69, 9.17) is 0 Å². The van der Waals surface area contributed by atoms with Gasteiger partial charge in [0.1, 0.15) is 0 Å². The van der Waals surface area contributed by atoms with Crippen LogP contribution in [-0.2, 0) is 6.42 Å². The van der Waals surface area contributed by atoms with Crippen LogP contribution in [0.25, 0.3) is 0 Å². The fraction of sp³-hybridized carbons (Fsp3) is 0.600. The summed E-state index contributed by atoms with van der Waals surface area (Å²) in [7, 11) is 0. The lowest BCUT2D eigenvalue weighted by Crippen LogP contribution is -2.10. The van der Waals surface area contributed by atoms with Crippen LogP contribution in [0.3, 0.4) is 0 Å². The molecule has 2 nitrogen and oxygen atoms in total. The summed E-state index contributed by atoms with van der Waals surface area (Å²) in [6.07, 6.45) is 4.75. The maximum absolute atomic E-state index is 3.88. The van der Waals surface area contributed by atoms with Crippen molar-refractivity contribution in [2.45, 2.75) is 34.1 Å². The summed E-state index contributed by atoms with van der Waals surface area (Å²) in [5, 5.41) is 7.70. The number of rotatable bonds is 1. The number of hydrogen-bond acceptors (Lipinski definition) is 2. The Kier molecular flexibility index (Phi) is 2.46. The smallest absolute Gasteiger partial charge is 0.0531 e. The third-order valence-corrected chi connectivity index (χ3v) is 1.76. The van der Waals surface area contributed by atoms with Gasteiger partial charge in [0.2, 0.25) is 0 Å². The first-order valence-corrected chi connectivity index (χ1v) is 4.25. The van der Waals surface area contributed by atoms with Crippen LogP contribution in [0.5, 0.6) is 0 Å². The highest BCUT2D eigenvalue weighted by Crippen LogP contribution is 2.21. The molecule has 0 amide bonds. The zero-order chi connectivity index (χ0) is 9.19. The quantitative estimate of drug-likeness (QED) is 0.637. The van der Waals surface area contributed by atoms with Crippen molar-refractivity contribution in [3.63, 3.8) is 0 Å². The molecule has 1 heterocycles. The maximum atomic E-state index is 3.88. The normalized spacial score (nSPS) is 11.7. The van der Waals surface area contributed by atoms with E-state index in [0.29, 0.717) is 5.41 Å². The molecule has 1 rings (SSSR count). The topological polar surface area (TPSA) is 25.8 Å². The van der Waals surface area contributed by atoms with Crippen molar-refractivity contribution < 1.29 is 0 Å². The molecule has 12 heavy (non-hydrogen) atoms. The Morgan fingerprint density at radius 1 is 1.17 bits per heavy atom. The van der Waals surface area contributed by atoms with E-state index in [2.05, 4.69) is 37.9 Å². The SMILES string of the molecule is Cc1cnncc1CC(C)(C)C. The second-order valence-electron chi connectivity index (χ2n) is 4.43. The lowest BCUT2D eigenvalue weighted by Gasteiger charge is -2.18. The van der Waals surface area contributed by atoms with Gasteiger partial charge in [0.05, 0.1) is 12.4 Å². The van der Waals surface area contributed by atoms with Gasteiger partial charge in [-0.05, 0) is 29.9 Å². The average Bonchev–Trinajstić information content (AvgIpc) is 1.91. The summed E-state index contributed by atoms with van der Waals surface area (Å²) in [6.45, 7) is 8.77. The number of nitrogens with zero attached hydrogens (tertiary/aromatic N) is 2. The van der Waals surface area contributed by atoms with Gasteiger partial charge in [0.25, 0.3) is 0 Å². The third-order valence-electron chi connectivity index (χ3n) is 1.76. The van der Waals surface area contributed by atoms with E-state index in [1.165, 1.54) is 11.1 Å². The van der Waals surface area contributed by atoms with Crippen molar-refractivity contribution >= 4 is 0 Å². The minimum atomic E-state index is 0.327. The fourth-order valence-electron chi connectivity index (χ4n) is 1.16. The highest BCUT2D eigenvalue weighted by atomic mass is 15.1. The molecule has 0 saturated carbocycles. The summed E-state index contributed by atoms with van der Waals surface area (Å²) < 4.78 is 0. The zero-order valence-electron chi connectivity index (χ0n) is 8.26. The summed E-state index contributed by atoms with van der Waals surface area (Å²) in [5.74, 6) is 0. The lowest BCUT2D eigenvalue weighted by molar-refractivity contribution is 0.409. The summed E-state index contributed by atoms with van der Waals surface area (Å²) >= 11 is 0. The van der Waals surface area contributed by atoms with Gasteiger partial charge in [-0.3, -0.25) is 0 Å². The Hall–Kier alpha value is -0.920. The molecule has 0 unspecified atom stereocenters. The molecule has 1 aromatic heterocycles. The van der Waals surface area contributed by atoms with Crippen molar-refractivity contribution in [2.24, 2.45) is 5.41 Å². The molecular weight excluding hydrogens is 148 g/mol. The Labute approximate surface area is 74.0 Å². The van der Waals surface area contributed by atoms with Gasteiger partial charge in [-0.25, -0.2) is 0 Å². The van der Waals surface area contributed by atoms with Crippen LogP contribution in [0.1, 0.15) is 31.9 Å². The molecule has 0 aromatic carbocycles. The zero-order valence-corrected chi connectivity index (χ0v) is 8.26. The number of aryl methyl sites for hydroxylation is 1. The van der Waals surface area contributed by atoms with Crippen LogP contribution in [0, 0.1) is 12.3 Å². The van der Waals surface area contributed by atoms with Crippen molar-refractivity contribution in [3.8, 4) is 0 Å². The second kappa shape index (κ2) is 3.21. The standard InChI is InChI=1S/C10H16N2/c1-8-6-11-12-7-9(8)5-10(2,3)4/h6-7H,5H2,1-4H3. The predicted molar refractivity (Wildman–Crippen MR) is 49.9 cm³/mol. The van der Waals surface area contributed by atoms with E-state index in [0.717, 1.165) is 6.42 Å². The molecule has 0 spiro atoms. The van der Waals surface area contributed by atoms with Crippen LogP contribution >= 0.6 is 0 Å². The largest absolute Gasteiger partial charge is 0.159 e. The van der Waals surface area contributed by atoms with Crippen LogP contribution in [0.2, 0.25) is 0 Å². The van der Waals surface area contributed by atoms with Crippen LogP contribution in [0.15, 0.2) is 12.4 Å². The molecule has 0 N–H and O–H groups in total. The van der Waals surface area contributed by atoms with Gasteiger partial charge in [0, 0.05) is 0 Å². The van der Waals surface area contributed by atoms with E-state index in [1.54, 1.807) is 0 Å². The van der Waals surface area contributed by atoms with Crippen molar-refractivity contribution in [1.29, 1.82) is 0 Å². The Bertz CT molecular complexity index is 261. The minimum absolute atomic E-state index is 0.327. The minimum Gasteiger partial charge on any atom is -0.159 e. The molecule has 1 aromatic rings. The average molecular weight is 164 g/mol.